The summed E-state index contributed by atoms with van der Waals surface area (Å²) in [4.78, 5) is 17.5. The molecular formula is C19H26N2O2. The maximum atomic E-state index is 12.3. The number of fused-ring (bicyclic) bond motifs is 1. The molecule has 1 aliphatic heterocycles. The smallest absolute Gasteiger partial charge is 0.225 e. The molecule has 0 spiro atoms. The van der Waals surface area contributed by atoms with E-state index in [1.54, 1.807) is 0 Å². The number of aromatic amines is 1. The largest absolute Gasteiger partial charge is 0.392 e. The Hall–Kier alpha value is -1.81. The van der Waals surface area contributed by atoms with Crippen molar-refractivity contribution in [3.05, 3.63) is 36.0 Å². The highest BCUT2D eigenvalue weighted by atomic mass is 16.3. The summed E-state index contributed by atoms with van der Waals surface area (Å²) in [5.74, 6) is 0.719. The number of nitrogens with zero attached hydrogens (tertiary/aromatic N) is 1. The summed E-state index contributed by atoms with van der Waals surface area (Å²) >= 11 is 0. The molecule has 124 valence electrons. The van der Waals surface area contributed by atoms with E-state index in [1.807, 2.05) is 24.8 Å². The number of rotatable bonds is 4. The molecule has 0 bridgehead atoms. The van der Waals surface area contributed by atoms with Crippen LogP contribution in [0.25, 0.3) is 10.9 Å². The molecular weight excluding hydrogens is 288 g/mol. The number of H-pyrrole nitrogens is 1. The molecule has 1 saturated heterocycles. The first-order valence-corrected chi connectivity index (χ1v) is 8.58. The van der Waals surface area contributed by atoms with Gasteiger partial charge in [-0.15, -0.1) is 0 Å². The molecule has 2 N–H and O–H groups in total. The van der Waals surface area contributed by atoms with Crippen LogP contribution < -0.4 is 0 Å². The van der Waals surface area contributed by atoms with Gasteiger partial charge in [-0.25, -0.2) is 0 Å². The van der Waals surface area contributed by atoms with Crippen molar-refractivity contribution in [2.24, 2.45) is 5.92 Å². The van der Waals surface area contributed by atoms with Crippen LogP contribution in [0, 0.1) is 5.92 Å². The number of carbonyl (C=O) groups excluding carboxylic acids is 1. The van der Waals surface area contributed by atoms with Gasteiger partial charge < -0.3 is 15.0 Å². The normalized spacial score (nSPS) is 17.8. The minimum Gasteiger partial charge on any atom is -0.392 e. The van der Waals surface area contributed by atoms with Crippen LogP contribution in [0.2, 0.25) is 0 Å². The quantitative estimate of drug-likeness (QED) is 0.910. The van der Waals surface area contributed by atoms with Crippen molar-refractivity contribution >= 4 is 16.8 Å². The lowest BCUT2D eigenvalue weighted by atomic mass is 9.89. The van der Waals surface area contributed by atoms with Crippen LogP contribution in [0.1, 0.15) is 44.6 Å². The van der Waals surface area contributed by atoms with Crippen LogP contribution >= 0.6 is 0 Å². The standard InChI is InChI=1S/C19H26N2O2/c1-13(2)18(22)11-19(23)21-9-7-14(8-10-21)16-12-20-17-6-4-3-5-15(16)17/h3-6,12-14,18,20,22H,7-11H2,1-2H3. The van der Waals surface area contributed by atoms with Gasteiger partial charge in [-0.3, -0.25) is 4.79 Å². The van der Waals surface area contributed by atoms with Crippen LogP contribution in [-0.4, -0.2) is 40.1 Å². The number of aliphatic hydroxyl groups is 1. The van der Waals surface area contributed by atoms with E-state index in [0.29, 0.717) is 5.92 Å². The Labute approximate surface area is 137 Å². The summed E-state index contributed by atoms with van der Waals surface area (Å²) in [5.41, 5.74) is 2.55. The van der Waals surface area contributed by atoms with Gasteiger partial charge in [0.25, 0.3) is 0 Å². The fourth-order valence-electron chi connectivity index (χ4n) is 3.42. The second kappa shape index (κ2) is 6.75. The predicted octanol–water partition coefficient (Wildman–Crippen LogP) is 3.28. The second-order valence-corrected chi connectivity index (χ2v) is 6.96. The molecule has 23 heavy (non-hydrogen) atoms. The van der Waals surface area contributed by atoms with Crippen molar-refractivity contribution < 1.29 is 9.90 Å². The first-order chi connectivity index (χ1) is 11.1. The molecule has 1 amide bonds. The number of aromatic nitrogens is 1. The molecule has 4 nitrogen and oxygen atoms in total. The summed E-state index contributed by atoms with van der Waals surface area (Å²) in [5, 5.41) is 11.2. The summed E-state index contributed by atoms with van der Waals surface area (Å²) < 4.78 is 0. The van der Waals surface area contributed by atoms with Gasteiger partial charge in [-0.2, -0.15) is 0 Å². The zero-order valence-corrected chi connectivity index (χ0v) is 14.0. The fourth-order valence-corrected chi connectivity index (χ4v) is 3.42. The molecule has 0 saturated carbocycles. The summed E-state index contributed by atoms with van der Waals surface area (Å²) in [7, 11) is 0. The molecule has 1 unspecified atom stereocenters. The zero-order valence-electron chi connectivity index (χ0n) is 14.0. The number of benzene rings is 1. The number of hydrogen-bond acceptors (Lipinski definition) is 2. The molecule has 0 aliphatic carbocycles. The first kappa shape index (κ1) is 16.1. The number of nitrogens with one attached hydrogen (secondary N) is 1. The van der Waals surface area contributed by atoms with E-state index in [2.05, 4.69) is 29.4 Å². The van der Waals surface area contributed by atoms with E-state index in [9.17, 15) is 9.90 Å². The number of para-hydroxylation sites is 1. The Kier molecular flexibility index (Phi) is 4.71. The van der Waals surface area contributed by atoms with Gasteiger partial charge in [0, 0.05) is 30.2 Å². The SMILES string of the molecule is CC(C)C(O)CC(=O)N1CCC(c2c[nH]c3ccccc23)CC1. The average Bonchev–Trinajstić information content (AvgIpc) is 2.99. The van der Waals surface area contributed by atoms with Crippen molar-refractivity contribution in [3.8, 4) is 0 Å². The molecule has 1 aromatic carbocycles. The van der Waals surface area contributed by atoms with E-state index in [0.717, 1.165) is 25.9 Å². The van der Waals surface area contributed by atoms with Crippen LogP contribution in [0.5, 0.6) is 0 Å². The molecule has 2 aromatic rings. The lowest BCUT2D eigenvalue weighted by Gasteiger charge is -2.32. The van der Waals surface area contributed by atoms with E-state index >= 15 is 0 Å². The van der Waals surface area contributed by atoms with Gasteiger partial charge in [0.05, 0.1) is 12.5 Å². The molecule has 3 rings (SSSR count). The minimum atomic E-state index is -0.533. The highest BCUT2D eigenvalue weighted by Crippen LogP contribution is 2.33. The van der Waals surface area contributed by atoms with Crippen LogP contribution in [0.4, 0.5) is 0 Å². The Morgan fingerprint density at radius 3 is 2.70 bits per heavy atom. The molecule has 1 aliphatic rings. The van der Waals surface area contributed by atoms with E-state index in [-0.39, 0.29) is 18.2 Å². The minimum absolute atomic E-state index is 0.0866. The Morgan fingerprint density at radius 1 is 1.30 bits per heavy atom. The zero-order chi connectivity index (χ0) is 16.4. The third-order valence-corrected chi connectivity index (χ3v) is 5.06. The molecule has 1 atom stereocenters. The molecule has 1 fully saturated rings. The van der Waals surface area contributed by atoms with Crippen LogP contribution in [-0.2, 0) is 4.79 Å². The molecule has 2 heterocycles. The molecule has 1 aromatic heterocycles. The number of piperidine rings is 1. The maximum Gasteiger partial charge on any atom is 0.225 e. The van der Waals surface area contributed by atoms with Crippen molar-refractivity contribution in [2.75, 3.05) is 13.1 Å². The van der Waals surface area contributed by atoms with Gasteiger partial charge >= 0.3 is 0 Å². The van der Waals surface area contributed by atoms with E-state index in [4.69, 9.17) is 0 Å². The number of amides is 1. The highest BCUT2D eigenvalue weighted by Gasteiger charge is 2.26. The van der Waals surface area contributed by atoms with E-state index in [1.165, 1.54) is 16.5 Å². The lowest BCUT2D eigenvalue weighted by molar-refractivity contribution is -0.134. The van der Waals surface area contributed by atoms with Gasteiger partial charge in [0.2, 0.25) is 5.91 Å². The van der Waals surface area contributed by atoms with Gasteiger partial charge in [-0.05, 0) is 36.3 Å². The Balaban J connectivity index is 1.61. The van der Waals surface area contributed by atoms with Crippen molar-refractivity contribution in [1.29, 1.82) is 0 Å². The summed E-state index contributed by atoms with van der Waals surface area (Å²) in [6.45, 7) is 5.46. The number of likely N-dealkylation sites (tertiary alicyclic amines) is 1. The summed E-state index contributed by atoms with van der Waals surface area (Å²) in [6, 6.07) is 8.39. The Bertz CT molecular complexity index is 669. The molecule has 4 heteroatoms. The topological polar surface area (TPSA) is 56.3 Å². The van der Waals surface area contributed by atoms with Crippen LogP contribution in [0.15, 0.2) is 30.5 Å². The van der Waals surface area contributed by atoms with Crippen molar-refractivity contribution in [2.45, 2.75) is 45.1 Å². The first-order valence-electron chi connectivity index (χ1n) is 8.58. The second-order valence-electron chi connectivity index (χ2n) is 6.96. The van der Waals surface area contributed by atoms with Crippen LogP contribution in [0.3, 0.4) is 0 Å². The van der Waals surface area contributed by atoms with Gasteiger partial charge in [0.1, 0.15) is 0 Å². The third kappa shape index (κ3) is 3.42. The number of aliphatic hydroxyl groups excluding tert-OH is 1. The monoisotopic (exact) mass is 314 g/mol. The fraction of sp³-hybridized carbons (Fsp3) is 0.526. The molecule has 0 radical (unpaired) electrons. The van der Waals surface area contributed by atoms with E-state index < -0.39 is 6.10 Å². The third-order valence-electron chi connectivity index (χ3n) is 5.06. The van der Waals surface area contributed by atoms with Gasteiger partial charge in [0.15, 0.2) is 0 Å². The lowest BCUT2D eigenvalue weighted by Crippen LogP contribution is -2.39. The maximum absolute atomic E-state index is 12.3. The number of hydrogen-bond donors (Lipinski definition) is 2. The predicted molar refractivity (Wildman–Crippen MR) is 92.3 cm³/mol. The number of carbonyl (C=O) groups is 1. The van der Waals surface area contributed by atoms with Crippen molar-refractivity contribution in [3.63, 3.8) is 0 Å². The Morgan fingerprint density at radius 2 is 2.00 bits per heavy atom. The highest BCUT2D eigenvalue weighted by molar-refractivity contribution is 5.83. The van der Waals surface area contributed by atoms with Gasteiger partial charge in [-0.1, -0.05) is 32.0 Å². The average molecular weight is 314 g/mol. The summed E-state index contributed by atoms with van der Waals surface area (Å²) in [6.07, 6.45) is 3.82. The van der Waals surface area contributed by atoms with Crippen molar-refractivity contribution in [1.82, 2.24) is 9.88 Å².